The predicted octanol–water partition coefficient (Wildman–Crippen LogP) is 3.63. The van der Waals surface area contributed by atoms with Gasteiger partial charge in [-0.15, -0.1) is 0 Å². The Morgan fingerprint density at radius 2 is 2.15 bits per heavy atom. The molecule has 2 aromatic heterocycles. The predicted molar refractivity (Wildman–Crippen MR) is 81.0 cm³/mol. The summed E-state index contributed by atoms with van der Waals surface area (Å²) >= 11 is 9.23. The van der Waals surface area contributed by atoms with Gasteiger partial charge in [-0.2, -0.15) is 5.10 Å². The second kappa shape index (κ2) is 5.22. The second-order valence-corrected chi connectivity index (χ2v) is 5.34. The SMILES string of the molecule is O=C(Nc1cc(Br)cnc1Cl)c1n[nH]c2ccccc12. The number of rotatable bonds is 2. The van der Waals surface area contributed by atoms with Gasteiger partial charge in [-0.1, -0.05) is 29.8 Å². The Hall–Kier alpha value is -1.92. The van der Waals surface area contributed by atoms with Crippen molar-refractivity contribution >= 4 is 50.0 Å². The largest absolute Gasteiger partial charge is 0.318 e. The maximum atomic E-state index is 12.3. The summed E-state index contributed by atoms with van der Waals surface area (Å²) < 4.78 is 0.726. The highest BCUT2D eigenvalue weighted by Gasteiger charge is 2.15. The van der Waals surface area contributed by atoms with Gasteiger partial charge in [0.05, 0.1) is 11.2 Å². The minimum Gasteiger partial charge on any atom is -0.318 e. The van der Waals surface area contributed by atoms with Crippen molar-refractivity contribution in [3.05, 3.63) is 51.8 Å². The zero-order valence-corrected chi connectivity index (χ0v) is 12.4. The van der Waals surface area contributed by atoms with Gasteiger partial charge in [-0.3, -0.25) is 9.89 Å². The van der Waals surface area contributed by atoms with E-state index in [9.17, 15) is 4.79 Å². The number of para-hydroxylation sites is 1. The minimum atomic E-state index is -0.343. The Morgan fingerprint density at radius 3 is 3.00 bits per heavy atom. The fourth-order valence-electron chi connectivity index (χ4n) is 1.83. The van der Waals surface area contributed by atoms with E-state index < -0.39 is 0 Å². The average molecular weight is 352 g/mol. The Bertz CT molecular complexity index is 802. The van der Waals surface area contributed by atoms with Gasteiger partial charge >= 0.3 is 0 Å². The molecule has 0 saturated heterocycles. The van der Waals surface area contributed by atoms with Crippen LogP contribution in [0.4, 0.5) is 5.69 Å². The van der Waals surface area contributed by atoms with Gasteiger partial charge < -0.3 is 5.32 Å². The van der Waals surface area contributed by atoms with Crippen molar-refractivity contribution in [1.29, 1.82) is 0 Å². The summed E-state index contributed by atoms with van der Waals surface area (Å²) in [6.45, 7) is 0. The van der Waals surface area contributed by atoms with Crippen molar-refractivity contribution in [2.45, 2.75) is 0 Å². The number of benzene rings is 1. The maximum Gasteiger partial charge on any atom is 0.276 e. The molecule has 2 heterocycles. The Labute approximate surface area is 127 Å². The summed E-state index contributed by atoms with van der Waals surface area (Å²) in [5.74, 6) is -0.343. The van der Waals surface area contributed by atoms with Crippen LogP contribution in [0.5, 0.6) is 0 Å². The molecule has 5 nitrogen and oxygen atoms in total. The zero-order chi connectivity index (χ0) is 14.1. The van der Waals surface area contributed by atoms with E-state index in [2.05, 4.69) is 36.4 Å². The lowest BCUT2D eigenvalue weighted by atomic mass is 10.2. The van der Waals surface area contributed by atoms with Crippen LogP contribution in [-0.2, 0) is 0 Å². The molecule has 0 saturated carbocycles. The van der Waals surface area contributed by atoms with E-state index >= 15 is 0 Å². The number of carbonyl (C=O) groups is 1. The van der Waals surface area contributed by atoms with Crippen LogP contribution in [0.3, 0.4) is 0 Å². The van der Waals surface area contributed by atoms with Crippen LogP contribution >= 0.6 is 27.5 Å². The van der Waals surface area contributed by atoms with Crippen LogP contribution < -0.4 is 5.32 Å². The molecular weight excluding hydrogens is 344 g/mol. The Morgan fingerprint density at radius 1 is 1.35 bits per heavy atom. The lowest BCUT2D eigenvalue weighted by Gasteiger charge is -2.05. The van der Waals surface area contributed by atoms with Gasteiger partial charge in [-0.25, -0.2) is 4.98 Å². The first-order valence-electron chi connectivity index (χ1n) is 5.70. The number of amides is 1. The molecule has 3 aromatic rings. The number of nitrogens with zero attached hydrogens (tertiary/aromatic N) is 2. The highest BCUT2D eigenvalue weighted by molar-refractivity contribution is 9.10. The molecule has 0 atom stereocenters. The number of pyridine rings is 1. The highest BCUT2D eigenvalue weighted by Crippen LogP contribution is 2.24. The van der Waals surface area contributed by atoms with E-state index in [4.69, 9.17) is 11.6 Å². The van der Waals surface area contributed by atoms with Gasteiger partial charge in [0.1, 0.15) is 0 Å². The number of hydrogen-bond donors (Lipinski definition) is 2. The third kappa shape index (κ3) is 2.39. The molecule has 20 heavy (non-hydrogen) atoms. The molecule has 0 bridgehead atoms. The zero-order valence-electron chi connectivity index (χ0n) is 10.0. The van der Waals surface area contributed by atoms with Crippen molar-refractivity contribution in [3.8, 4) is 0 Å². The molecule has 0 radical (unpaired) electrons. The van der Waals surface area contributed by atoms with Crippen LogP contribution in [-0.4, -0.2) is 21.1 Å². The van der Waals surface area contributed by atoms with E-state index in [1.807, 2.05) is 24.3 Å². The summed E-state index contributed by atoms with van der Waals surface area (Å²) in [6.07, 6.45) is 1.56. The molecule has 0 aliphatic heterocycles. The molecule has 7 heteroatoms. The number of anilines is 1. The molecule has 100 valence electrons. The first-order valence-corrected chi connectivity index (χ1v) is 6.88. The van der Waals surface area contributed by atoms with E-state index in [1.54, 1.807) is 12.3 Å². The van der Waals surface area contributed by atoms with E-state index in [0.717, 1.165) is 15.4 Å². The smallest absolute Gasteiger partial charge is 0.276 e. The number of fused-ring (bicyclic) bond motifs is 1. The van der Waals surface area contributed by atoms with Gasteiger partial charge in [0.2, 0.25) is 0 Å². The van der Waals surface area contributed by atoms with Crippen molar-refractivity contribution in [2.75, 3.05) is 5.32 Å². The molecule has 0 spiro atoms. The molecular formula is C13H8BrClN4O. The fourth-order valence-corrected chi connectivity index (χ4v) is 2.31. The summed E-state index contributed by atoms with van der Waals surface area (Å²) in [6, 6.07) is 9.09. The standard InChI is InChI=1S/C13H8BrClN4O/c14-7-5-10(12(15)16-6-7)17-13(20)11-8-3-1-2-4-9(8)18-19-11/h1-6H,(H,17,20)(H,18,19). The topological polar surface area (TPSA) is 70.7 Å². The molecule has 0 unspecified atom stereocenters. The Balaban J connectivity index is 1.95. The van der Waals surface area contributed by atoms with Gasteiger partial charge in [-0.05, 0) is 28.1 Å². The van der Waals surface area contributed by atoms with Crippen LogP contribution in [0.2, 0.25) is 5.15 Å². The lowest BCUT2D eigenvalue weighted by molar-refractivity contribution is 0.102. The highest BCUT2D eigenvalue weighted by atomic mass is 79.9. The molecule has 0 aliphatic rings. The number of aromatic amines is 1. The first kappa shape index (κ1) is 13.1. The number of aromatic nitrogens is 3. The number of nitrogens with one attached hydrogen (secondary N) is 2. The van der Waals surface area contributed by atoms with E-state index in [-0.39, 0.29) is 11.1 Å². The van der Waals surface area contributed by atoms with Crippen LogP contribution in [0, 0.1) is 0 Å². The second-order valence-electron chi connectivity index (χ2n) is 4.06. The molecule has 3 rings (SSSR count). The van der Waals surface area contributed by atoms with E-state index in [1.165, 1.54) is 0 Å². The molecule has 0 aliphatic carbocycles. The first-order chi connectivity index (χ1) is 9.65. The van der Waals surface area contributed by atoms with Crippen molar-refractivity contribution < 1.29 is 4.79 Å². The minimum absolute atomic E-state index is 0.224. The monoisotopic (exact) mass is 350 g/mol. The third-order valence-electron chi connectivity index (χ3n) is 2.74. The average Bonchev–Trinajstić information content (AvgIpc) is 2.87. The molecule has 2 N–H and O–H groups in total. The summed E-state index contributed by atoms with van der Waals surface area (Å²) in [4.78, 5) is 16.2. The number of halogens is 2. The number of hydrogen-bond acceptors (Lipinski definition) is 3. The number of carbonyl (C=O) groups excluding carboxylic acids is 1. The third-order valence-corrected chi connectivity index (χ3v) is 3.47. The fraction of sp³-hybridized carbons (Fsp3) is 0. The van der Waals surface area contributed by atoms with E-state index in [0.29, 0.717) is 11.4 Å². The molecule has 0 fully saturated rings. The van der Waals surface area contributed by atoms with Crippen LogP contribution in [0.25, 0.3) is 10.9 Å². The van der Waals surface area contributed by atoms with Crippen molar-refractivity contribution in [1.82, 2.24) is 15.2 Å². The Kier molecular flexibility index (Phi) is 3.42. The lowest BCUT2D eigenvalue weighted by Crippen LogP contribution is -2.13. The maximum absolute atomic E-state index is 12.3. The summed E-state index contributed by atoms with van der Waals surface area (Å²) in [7, 11) is 0. The van der Waals surface area contributed by atoms with Gasteiger partial charge in [0.25, 0.3) is 5.91 Å². The quantitative estimate of drug-likeness (QED) is 0.693. The van der Waals surface area contributed by atoms with Crippen LogP contribution in [0.15, 0.2) is 41.0 Å². The van der Waals surface area contributed by atoms with Gasteiger partial charge in [0.15, 0.2) is 10.8 Å². The molecule has 1 amide bonds. The normalized spacial score (nSPS) is 10.7. The van der Waals surface area contributed by atoms with Gasteiger partial charge in [0, 0.05) is 16.1 Å². The van der Waals surface area contributed by atoms with Crippen molar-refractivity contribution in [3.63, 3.8) is 0 Å². The summed E-state index contributed by atoms with van der Waals surface area (Å²) in [5, 5.41) is 10.5. The van der Waals surface area contributed by atoms with Crippen molar-refractivity contribution in [2.24, 2.45) is 0 Å². The molecule has 1 aromatic carbocycles. The van der Waals surface area contributed by atoms with Crippen LogP contribution in [0.1, 0.15) is 10.5 Å². The number of H-pyrrole nitrogens is 1. The summed E-state index contributed by atoms with van der Waals surface area (Å²) in [5.41, 5.74) is 1.55.